The van der Waals surface area contributed by atoms with Crippen molar-refractivity contribution in [2.24, 2.45) is 10.2 Å². The first-order chi connectivity index (χ1) is 12.5. The van der Waals surface area contributed by atoms with Crippen molar-refractivity contribution in [3.63, 3.8) is 0 Å². The number of azo groups is 1. The van der Waals surface area contributed by atoms with Gasteiger partial charge in [-0.1, -0.05) is 36.4 Å². The predicted octanol–water partition coefficient (Wildman–Crippen LogP) is 6.80. The molecule has 0 spiro atoms. The molecule has 0 aliphatic rings. The average Bonchev–Trinajstić information content (AvgIpc) is 2.66. The van der Waals surface area contributed by atoms with Gasteiger partial charge in [0, 0.05) is 5.56 Å². The van der Waals surface area contributed by atoms with Crippen LogP contribution in [0.3, 0.4) is 0 Å². The van der Waals surface area contributed by atoms with Crippen molar-refractivity contribution in [2.75, 3.05) is 7.11 Å². The number of alkyl halides is 3. The van der Waals surface area contributed by atoms with Crippen molar-refractivity contribution in [1.82, 2.24) is 0 Å². The number of halogens is 3. The largest absolute Gasteiger partial charge is 0.497 e. The number of hydrogen-bond donors (Lipinski definition) is 0. The van der Waals surface area contributed by atoms with Crippen LogP contribution in [0.5, 0.6) is 5.75 Å². The summed E-state index contributed by atoms with van der Waals surface area (Å²) in [6.45, 7) is 0. The van der Waals surface area contributed by atoms with Crippen LogP contribution in [-0.2, 0) is 6.18 Å². The first-order valence-electron chi connectivity index (χ1n) is 7.80. The minimum Gasteiger partial charge on any atom is -0.497 e. The third kappa shape index (κ3) is 4.08. The summed E-state index contributed by atoms with van der Waals surface area (Å²) in [6.07, 6.45) is -4.45. The molecule has 0 bridgehead atoms. The molecule has 3 aromatic rings. The van der Waals surface area contributed by atoms with E-state index in [1.165, 1.54) is 6.07 Å². The highest BCUT2D eigenvalue weighted by Crippen LogP contribution is 2.38. The van der Waals surface area contributed by atoms with Crippen LogP contribution in [0.2, 0.25) is 0 Å². The maximum atomic E-state index is 13.1. The van der Waals surface area contributed by atoms with Crippen LogP contribution in [0, 0.1) is 0 Å². The van der Waals surface area contributed by atoms with E-state index in [1.807, 2.05) is 6.07 Å². The molecular weight excluding hydrogens is 341 g/mol. The summed E-state index contributed by atoms with van der Waals surface area (Å²) in [5.41, 5.74) is 1.22. The summed E-state index contributed by atoms with van der Waals surface area (Å²) < 4.78 is 44.3. The fourth-order valence-electron chi connectivity index (χ4n) is 2.41. The van der Waals surface area contributed by atoms with Gasteiger partial charge in [0.25, 0.3) is 0 Å². The molecule has 0 atom stereocenters. The number of methoxy groups -OCH3 is 1. The van der Waals surface area contributed by atoms with Gasteiger partial charge in [0.1, 0.15) is 5.75 Å². The van der Waals surface area contributed by atoms with Gasteiger partial charge in [-0.15, -0.1) is 5.11 Å². The Labute approximate surface area is 148 Å². The first kappa shape index (κ1) is 17.7. The molecule has 0 amide bonds. The van der Waals surface area contributed by atoms with Crippen molar-refractivity contribution in [1.29, 1.82) is 0 Å². The molecule has 3 nitrogen and oxygen atoms in total. The zero-order valence-corrected chi connectivity index (χ0v) is 13.9. The quantitative estimate of drug-likeness (QED) is 0.474. The topological polar surface area (TPSA) is 34.0 Å². The highest BCUT2D eigenvalue weighted by molar-refractivity contribution is 5.76. The highest BCUT2D eigenvalue weighted by atomic mass is 19.4. The van der Waals surface area contributed by atoms with Crippen LogP contribution in [0.25, 0.3) is 11.1 Å². The van der Waals surface area contributed by atoms with E-state index in [4.69, 9.17) is 4.74 Å². The maximum absolute atomic E-state index is 13.1. The zero-order chi connectivity index (χ0) is 18.6. The Kier molecular flexibility index (Phi) is 5.02. The summed E-state index contributed by atoms with van der Waals surface area (Å²) in [5, 5.41) is 8.12. The number of rotatable bonds is 4. The van der Waals surface area contributed by atoms with Gasteiger partial charge in [-0.3, -0.25) is 0 Å². The Bertz CT molecular complexity index is 905. The fourth-order valence-corrected chi connectivity index (χ4v) is 2.41. The maximum Gasteiger partial charge on any atom is 0.416 e. The number of ether oxygens (including phenoxy) is 1. The lowest BCUT2D eigenvalue weighted by molar-refractivity contribution is -0.137. The molecule has 26 heavy (non-hydrogen) atoms. The van der Waals surface area contributed by atoms with E-state index in [0.717, 1.165) is 17.7 Å². The third-order valence-corrected chi connectivity index (χ3v) is 3.76. The van der Waals surface area contributed by atoms with Crippen LogP contribution in [0.1, 0.15) is 5.56 Å². The molecule has 0 saturated heterocycles. The number of benzene rings is 3. The number of nitrogens with zero attached hydrogens (tertiary/aromatic N) is 2. The minimum absolute atomic E-state index is 0.147. The van der Waals surface area contributed by atoms with Gasteiger partial charge in [-0.25, -0.2) is 0 Å². The normalized spacial score (nSPS) is 11.7. The molecule has 132 valence electrons. The van der Waals surface area contributed by atoms with Gasteiger partial charge in [0.2, 0.25) is 0 Å². The van der Waals surface area contributed by atoms with Crippen LogP contribution >= 0.6 is 0 Å². The van der Waals surface area contributed by atoms with E-state index in [1.54, 1.807) is 55.6 Å². The molecule has 0 aliphatic heterocycles. The predicted molar refractivity (Wildman–Crippen MR) is 94.0 cm³/mol. The molecule has 0 fully saturated rings. The first-order valence-corrected chi connectivity index (χ1v) is 7.80. The smallest absolute Gasteiger partial charge is 0.416 e. The summed E-state index contributed by atoms with van der Waals surface area (Å²) in [7, 11) is 1.55. The summed E-state index contributed by atoms with van der Waals surface area (Å²) in [4.78, 5) is 0. The molecule has 0 radical (unpaired) electrons. The Morgan fingerprint density at radius 3 is 2.12 bits per heavy atom. The Morgan fingerprint density at radius 1 is 0.808 bits per heavy atom. The van der Waals surface area contributed by atoms with Crippen LogP contribution in [0.4, 0.5) is 24.5 Å². The second kappa shape index (κ2) is 7.39. The Morgan fingerprint density at radius 2 is 1.50 bits per heavy atom. The van der Waals surface area contributed by atoms with Crippen molar-refractivity contribution < 1.29 is 17.9 Å². The molecule has 0 unspecified atom stereocenters. The molecule has 0 aliphatic carbocycles. The number of hydrogen-bond acceptors (Lipinski definition) is 3. The van der Waals surface area contributed by atoms with Crippen molar-refractivity contribution in [2.45, 2.75) is 6.18 Å². The Hall–Kier alpha value is -3.15. The standard InChI is InChI=1S/C20H15F3N2O/c1-26-17-10-7-14(8-11-17)18-12-9-15(20(21,22)23)13-19(18)25-24-16-5-3-2-4-6-16/h2-13H,1H3/b25-24+. The lowest BCUT2D eigenvalue weighted by atomic mass is 10.0. The lowest BCUT2D eigenvalue weighted by Crippen LogP contribution is -2.04. The monoisotopic (exact) mass is 356 g/mol. The van der Waals surface area contributed by atoms with E-state index in [9.17, 15) is 13.2 Å². The molecule has 0 aromatic heterocycles. The molecule has 0 heterocycles. The molecule has 6 heteroatoms. The van der Waals surface area contributed by atoms with Gasteiger partial charge < -0.3 is 4.74 Å². The SMILES string of the molecule is COc1ccc(-c2ccc(C(F)(F)F)cc2/N=N/c2ccccc2)cc1. The second-order valence-electron chi connectivity index (χ2n) is 5.49. The van der Waals surface area contributed by atoms with Gasteiger partial charge in [-0.05, 0) is 42.0 Å². The molecular formula is C20H15F3N2O. The van der Waals surface area contributed by atoms with Gasteiger partial charge in [0.05, 0.1) is 24.0 Å². The summed E-state index contributed by atoms with van der Waals surface area (Å²) in [6, 6.07) is 19.3. The van der Waals surface area contributed by atoms with Crippen molar-refractivity contribution >= 4 is 11.4 Å². The Balaban J connectivity index is 2.06. The van der Waals surface area contributed by atoms with E-state index in [2.05, 4.69) is 10.2 Å². The third-order valence-electron chi connectivity index (χ3n) is 3.76. The van der Waals surface area contributed by atoms with Crippen molar-refractivity contribution in [3.8, 4) is 16.9 Å². The van der Waals surface area contributed by atoms with Crippen LogP contribution in [0.15, 0.2) is 83.0 Å². The summed E-state index contributed by atoms with van der Waals surface area (Å²) in [5.74, 6) is 0.660. The fraction of sp³-hybridized carbons (Fsp3) is 0.100. The van der Waals surface area contributed by atoms with E-state index in [0.29, 0.717) is 17.0 Å². The van der Waals surface area contributed by atoms with Crippen LogP contribution < -0.4 is 4.74 Å². The second-order valence-corrected chi connectivity index (χ2v) is 5.49. The molecule has 0 N–H and O–H groups in total. The molecule has 3 rings (SSSR count). The van der Waals surface area contributed by atoms with Gasteiger partial charge >= 0.3 is 6.18 Å². The summed E-state index contributed by atoms with van der Waals surface area (Å²) >= 11 is 0. The van der Waals surface area contributed by atoms with Crippen LogP contribution in [-0.4, -0.2) is 7.11 Å². The van der Waals surface area contributed by atoms with Crippen molar-refractivity contribution in [3.05, 3.63) is 78.4 Å². The van der Waals surface area contributed by atoms with Gasteiger partial charge in [0.15, 0.2) is 0 Å². The van der Waals surface area contributed by atoms with E-state index in [-0.39, 0.29) is 5.69 Å². The zero-order valence-electron chi connectivity index (χ0n) is 13.9. The lowest BCUT2D eigenvalue weighted by Gasteiger charge is -2.11. The highest BCUT2D eigenvalue weighted by Gasteiger charge is 2.31. The molecule has 3 aromatic carbocycles. The average molecular weight is 356 g/mol. The van der Waals surface area contributed by atoms with E-state index < -0.39 is 11.7 Å². The van der Waals surface area contributed by atoms with Gasteiger partial charge in [-0.2, -0.15) is 18.3 Å². The minimum atomic E-state index is -4.45. The molecule has 0 saturated carbocycles. The van der Waals surface area contributed by atoms with E-state index >= 15 is 0 Å².